The molecule has 0 saturated carbocycles. The lowest BCUT2D eigenvalue weighted by molar-refractivity contribution is -0.122. The second kappa shape index (κ2) is 4.94. The van der Waals surface area contributed by atoms with Crippen LogP contribution in [0.2, 0.25) is 0 Å². The van der Waals surface area contributed by atoms with Gasteiger partial charge in [-0.05, 0) is 31.4 Å². The van der Waals surface area contributed by atoms with Crippen LogP contribution in [0.1, 0.15) is 34.7 Å². The van der Waals surface area contributed by atoms with Gasteiger partial charge in [0.05, 0.1) is 5.41 Å². The van der Waals surface area contributed by atoms with Crippen molar-refractivity contribution in [2.45, 2.75) is 25.2 Å². The number of carbonyl (C=O) groups excluding carboxylic acids is 2. The van der Waals surface area contributed by atoms with Crippen molar-refractivity contribution in [2.75, 3.05) is 18.4 Å². The van der Waals surface area contributed by atoms with Crippen molar-refractivity contribution < 1.29 is 14.0 Å². The van der Waals surface area contributed by atoms with E-state index in [1.807, 2.05) is 24.3 Å². The molecular formula is C17H17N3O3. The Labute approximate surface area is 133 Å². The molecule has 3 heterocycles. The first kappa shape index (κ1) is 14.0. The summed E-state index contributed by atoms with van der Waals surface area (Å²) in [7, 11) is 0. The third-order valence-electron chi connectivity index (χ3n) is 4.85. The average Bonchev–Trinajstić information content (AvgIpc) is 3.10. The average molecular weight is 311 g/mol. The number of nitrogens with one attached hydrogen (secondary N) is 1. The molecule has 1 saturated heterocycles. The minimum absolute atomic E-state index is 0.0203. The molecule has 1 fully saturated rings. The summed E-state index contributed by atoms with van der Waals surface area (Å²) < 4.78 is 5.13. The van der Waals surface area contributed by atoms with Gasteiger partial charge >= 0.3 is 0 Å². The number of amides is 2. The Kier molecular flexibility index (Phi) is 3.01. The first-order valence-corrected chi connectivity index (χ1v) is 7.72. The molecule has 4 rings (SSSR count). The van der Waals surface area contributed by atoms with Gasteiger partial charge in [-0.1, -0.05) is 18.2 Å². The summed E-state index contributed by atoms with van der Waals surface area (Å²) in [6, 6.07) is 7.72. The molecule has 1 aromatic carbocycles. The van der Waals surface area contributed by atoms with Crippen LogP contribution in [-0.4, -0.2) is 34.8 Å². The predicted octanol–water partition coefficient (Wildman–Crippen LogP) is 2.11. The summed E-state index contributed by atoms with van der Waals surface area (Å²) in [5.41, 5.74) is 1.51. The fraction of sp³-hybridized carbons (Fsp3) is 0.353. The van der Waals surface area contributed by atoms with Crippen molar-refractivity contribution in [3.05, 3.63) is 47.7 Å². The number of aromatic nitrogens is 1. The lowest BCUT2D eigenvalue weighted by atomic mass is 9.75. The van der Waals surface area contributed by atoms with Gasteiger partial charge in [0, 0.05) is 18.8 Å². The fourth-order valence-corrected chi connectivity index (χ4v) is 3.67. The van der Waals surface area contributed by atoms with E-state index >= 15 is 0 Å². The zero-order valence-corrected chi connectivity index (χ0v) is 12.8. The first-order chi connectivity index (χ1) is 11.1. The van der Waals surface area contributed by atoms with E-state index in [-0.39, 0.29) is 11.8 Å². The summed E-state index contributed by atoms with van der Waals surface area (Å²) >= 11 is 0. The molecule has 1 atom stereocenters. The van der Waals surface area contributed by atoms with Crippen LogP contribution in [0, 0.1) is 6.92 Å². The predicted molar refractivity (Wildman–Crippen MR) is 83.1 cm³/mol. The number of hydrogen-bond donors (Lipinski definition) is 1. The highest BCUT2D eigenvalue weighted by Crippen LogP contribution is 2.43. The molecule has 6 heteroatoms. The van der Waals surface area contributed by atoms with Gasteiger partial charge in [-0.3, -0.25) is 9.59 Å². The van der Waals surface area contributed by atoms with Crippen molar-refractivity contribution in [3.8, 4) is 0 Å². The molecule has 2 aliphatic heterocycles. The van der Waals surface area contributed by atoms with E-state index in [9.17, 15) is 9.59 Å². The minimum Gasteiger partial charge on any atom is -0.448 e. The van der Waals surface area contributed by atoms with Crippen molar-refractivity contribution in [1.29, 1.82) is 0 Å². The molecule has 6 nitrogen and oxygen atoms in total. The van der Waals surface area contributed by atoms with Crippen molar-refractivity contribution in [2.24, 2.45) is 0 Å². The molecule has 2 aliphatic rings. The van der Waals surface area contributed by atoms with Crippen LogP contribution in [0.5, 0.6) is 0 Å². The van der Waals surface area contributed by atoms with Crippen molar-refractivity contribution in [3.63, 3.8) is 0 Å². The van der Waals surface area contributed by atoms with E-state index in [4.69, 9.17) is 4.42 Å². The molecule has 0 radical (unpaired) electrons. The smallest absolute Gasteiger partial charge is 0.276 e. The van der Waals surface area contributed by atoms with E-state index in [1.165, 1.54) is 6.39 Å². The van der Waals surface area contributed by atoms with Gasteiger partial charge in [0.2, 0.25) is 5.91 Å². The van der Waals surface area contributed by atoms with Gasteiger partial charge in [-0.25, -0.2) is 4.98 Å². The molecular weight excluding hydrogens is 294 g/mol. The largest absolute Gasteiger partial charge is 0.448 e. The molecule has 2 aromatic rings. The third kappa shape index (κ3) is 1.98. The summed E-state index contributed by atoms with van der Waals surface area (Å²) in [5.74, 6) is 0.312. The summed E-state index contributed by atoms with van der Waals surface area (Å²) in [6.45, 7) is 2.72. The topological polar surface area (TPSA) is 75.4 Å². The second-order valence-corrected chi connectivity index (χ2v) is 6.17. The van der Waals surface area contributed by atoms with Crippen LogP contribution < -0.4 is 5.32 Å². The Balaban J connectivity index is 1.69. The number of piperidine rings is 1. The number of carbonyl (C=O) groups is 2. The van der Waals surface area contributed by atoms with Crippen molar-refractivity contribution >= 4 is 17.5 Å². The molecule has 1 spiro atoms. The number of aryl methyl sites for hydroxylation is 1. The molecule has 1 N–H and O–H groups in total. The van der Waals surface area contributed by atoms with Crippen LogP contribution in [-0.2, 0) is 10.2 Å². The molecule has 0 unspecified atom stereocenters. The van der Waals surface area contributed by atoms with E-state index < -0.39 is 5.41 Å². The van der Waals surface area contributed by atoms with Gasteiger partial charge in [0.25, 0.3) is 5.91 Å². The van der Waals surface area contributed by atoms with E-state index in [1.54, 1.807) is 11.8 Å². The number of anilines is 1. The number of likely N-dealkylation sites (tertiary alicyclic amines) is 1. The zero-order valence-electron chi connectivity index (χ0n) is 12.8. The normalized spacial score (nSPS) is 23.0. The SMILES string of the molecule is Cc1ocnc1C(=O)N1CCC[C@@]2(C1)C(=O)Nc1ccccc12. The highest BCUT2D eigenvalue weighted by atomic mass is 16.3. The van der Waals surface area contributed by atoms with E-state index in [0.29, 0.717) is 24.5 Å². The maximum absolute atomic E-state index is 12.7. The fourth-order valence-electron chi connectivity index (χ4n) is 3.67. The van der Waals surface area contributed by atoms with Crippen LogP contribution >= 0.6 is 0 Å². The minimum atomic E-state index is -0.651. The number of nitrogens with zero attached hydrogens (tertiary/aromatic N) is 2. The Morgan fingerprint density at radius 3 is 3.00 bits per heavy atom. The number of hydrogen-bond acceptors (Lipinski definition) is 4. The summed E-state index contributed by atoms with van der Waals surface area (Å²) in [4.78, 5) is 31.1. The zero-order chi connectivity index (χ0) is 16.0. The Hall–Kier alpha value is -2.63. The van der Waals surface area contributed by atoms with Crippen LogP contribution in [0.4, 0.5) is 5.69 Å². The Morgan fingerprint density at radius 2 is 2.22 bits per heavy atom. The molecule has 1 aromatic heterocycles. The number of benzene rings is 1. The molecule has 2 amide bonds. The standard InChI is InChI=1S/C17H17N3O3/c1-11-14(18-10-23-11)15(21)20-8-4-7-17(9-20)12-5-2-3-6-13(12)19-16(17)22/h2-3,5-6,10H,4,7-9H2,1H3,(H,19,22)/t17-/m0/s1. The van der Waals surface area contributed by atoms with E-state index in [2.05, 4.69) is 10.3 Å². The van der Waals surface area contributed by atoms with Gasteiger partial charge < -0.3 is 14.6 Å². The lowest BCUT2D eigenvalue weighted by Crippen LogP contribution is -2.52. The van der Waals surface area contributed by atoms with Crippen molar-refractivity contribution in [1.82, 2.24) is 9.88 Å². The Morgan fingerprint density at radius 1 is 1.39 bits per heavy atom. The quantitative estimate of drug-likeness (QED) is 0.875. The highest BCUT2D eigenvalue weighted by molar-refractivity contribution is 6.07. The first-order valence-electron chi connectivity index (χ1n) is 7.72. The number of oxazole rings is 1. The van der Waals surface area contributed by atoms with Crippen LogP contribution in [0.15, 0.2) is 35.1 Å². The molecule has 23 heavy (non-hydrogen) atoms. The Bertz CT molecular complexity index is 798. The van der Waals surface area contributed by atoms with Gasteiger partial charge in [0.1, 0.15) is 5.76 Å². The molecule has 0 aliphatic carbocycles. The second-order valence-electron chi connectivity index (χ2n) is 6.17. The third-order valence-corrected chi connectivity index (χ3v) is 4.85. The van der Waals surface area contributed by atoms with Gasteiger partial charge in [-0.2, -0.15) is 0 Å². The maximum atomic E-state index is 12.7. The maximum Gasteiger partial charge on any atom is 0.276 e. The van der Waals surface area contributed by atoms with Crippen LogP contribution in [0.3, 0.4) is 0 Å². The van der Waals surface area contributed by atoms with Gasteiger partial charge in [0.15, 0.2) is 12.1 Å². The van der Waals surface area contributed by atoms with Gasteiger partial charge in [-0.15, -0.1) is 0 Å². The highest BCUT2D eigenvalue weighted by Gasteiger charge is 2.50. The summed E-state index contributed by atoms with van der Waals surface area (Å²) in [5, 5.41) is 2.95. The molecule has 118 valence electrons. The summed E-state index contributed by atoms with van der Waals surface area (Å²) in [6.07, 6.45) is 2.81. The molecule has 0 bridgehead atoms. The monoisotopic (exact) mass is 311 g/mol. The lowest BCUT2D eigenvalue weighted by Gasteiger charge is -2.38. The number of fused-ring (bicyclic) bond motifs is 2. The number of para-hydroxylation sites is 1. The number of rotatable bonds is 1. The van der Waals surface area contributed by atoms with E-state index in [0.717, 1.165) is 24.1 Å². The van der Waals surface area contributed by atoms with Crippen LogP contribution in [0.25, 0.3) is 0 Å².